The quantitative estimate of drug-likeness (QED) is 0.905. The van der Waals surface area contributed by atoms with Gasteiger partial charge in [-0.1, -0.05) is 28.9 Å². The molecular weight excluding hydrogens is 310 g/mol. The molecule has 1 aliphatic carbocycles. The van der Waals surface area contributed by atoms with Crippen LogP contribution in [0, 0.1) is 5.92 Å². The maximum absolute atomic E-state index is 12.4. The maximum atomic E-state index is 12.4. The summed E-state index contributed by atoms with van der Waals surface area (Å²) in [6, 6.07) is 7.39. The van der Waals surface area contributed by atoms with Crippen molar-refractivity contribution in [2.75, 3.05) is 6.54 Å². The van der Waals surface area contributed by atoms with Crippen molar-refractivity contribution in [2.24, 2.45) is 5.92 Å². The number of carboxylic acids is 1. The molecule has 1 fully saturated rings. The van der Waals surface area contributed by atoms with Crippen molar-refractivity contribution >= 4 is 27.8 Å². The number of rotatable bonds is 5. The molecule has 1 amide bonds. The zero-order valence-corrected chi connectivity index (χ0v) is 12.3. The van der Waals surface area contributed by atoms with Crippen molar-refractivity contribution in [1.29, 1.82) is 0 Å². The van der Waals surface area contributed by atoms with Gasteiger partial charge in [0.1, 0.15) is 0 Å². The van der Waals surface area contributed by atoms with Crippen molar-refractivity contribution < 1.29 is 14.7 Å². The second-order valence-corrected chi connectivity index (χ2v) is 5.85. The lowest BCUT2D eigenvalue weighted by molar-refractivity contribution is -0.141. The molecule has 1 aliphatic rings. The summed E-state index contributed by atoms with van der Waals surface area (Å²) in [5, 5.41) is 8.98. The van der Waals surface area contributed by atoms with Crippen LogP contribution < -0.4 is 0 Å². The second kappa shape index (κ2) is 5.74. The second-order valence-electron chi connectivity index (χ2n) is 4.94. The van der Waals surface area contributed by atoms with Crippen LogP contribution in [-0.4, -0.2) is 34.5 Å². The highest BCUT2D eigenvalue weighted by Crippen LogP contribution is 2.29. The van der Waals surface area contributed by atoms with E-state index in [1.165, 1.54) is 0 Å². The molecule has 1 aromatic rings. The number of carbonyl (C=O) groups is 2. The van der Waals surface area contributed by atoms with Crippen LogP contribution in [0.5, 0.6) is 0 Å². The Labute approximate surface area is 120 Å². The van der Waals surface area contributed by atoms with Gasteiger partial charge < -0.3 is 10.0 Å². The molecule has 19 heavy (non-hydrogen) atoms. The van der Waals surface area contributed by atoms with Crippen molar-refractivity contribution in [3.63, 3.8) is 0 Å². The molecule has 1 saturated carbocycles. The van der Waals surface area contributed by atoms with Crippen LogP contribution in [0.1, 0.15) is 30.1 Å². The summed E-state index contributed by atoms with van der Waals surface area (Å²) < 4.78 is 0.848. The molecule has 0 aromatic heterocycles. The van der Waals surface area contributed by atoms with Gasteiger partial charge in [-0.25, -0.2) is 0 Å². The summed E-state index contributed by atoms with van der Waals surface area (Å²) >= 11 is 3.34. The molecule has 1 atom stereocenters. The Bertz CT molecular complexity index is 499. The van der Waals surface area contributed by atoms with Gasteiger partial charge in [0.15, 0.2) is 0 Å². The molecule has 2 rings (SSSR count). The number of hydrogen-bond acceptors (Lipinski definition) is 2. The van der Waals surface area contributed by atoms with Crippen molar-refractivity contribution in [2.45, 2.75) is 25.8 Å². The SMILES string of the molecule is CC(CN(C(=O)c1cccc(Br)c1)C1CC1)C(=O)O. The first kappa shape index (κ1) is 14.1. The van der Waals surface area contributed by atoms with E-state index in [4.69, 9.17) is 5.11 Å². The number of hydrogen-bond donors (Lipinski definition) is 1. The normalized spacial score (nSPS) is 15.9. The topological polar surface area (TPSA) is 57.6 Å². The van der Waals surface area contributed by atoms with Gasteiger partial charge in [-0.15, -0.1) is 0 Å². The highest BCUT2D eigenvalue weighted by Gasteiger charge is 2.34. The summed E-state index contributed by atoms with van der Waals surface area (Å²) in [6.45, 7) is 1.90. The Morgan fingerprint density at radius 3 is 2.68 bits per heavy atom. The smallest absolute Gasteiger partial charge is 0.308 e. The van der Waals surface area contributed by atoms with Crippen molar-refractivity contribution in [1.82, 2.24) is 4.90 Å². The molecule has 4 nitrogen and oxygen atoms in total. The highest BCUT2D eigenvalue weighted by molar-refractivity contribution is 9.10. The third-order valence-corrected chi connectivity index (χ3v) is 3.71. The minimum absolute atomic E-state index is 0.0862. The van der Waals surface area contributed by atoms with E-state index in [1.54, 1.807) is 24.0 Å². The Kier molecular flexibility index (Phi) is 4.24. The standard InChI is InChI=1S/C14H16BrNO3/c1-9(14(18)19)8-16(12-5-6-12)13(17)10-3-2-4-11(15)7-10/h2-4,7,9,12H,5-6,8H2,1H3,(H,18,19). The van der Waals surface area contributed by atoms with Crippen LogP contribution in [0.15, 0.2) is 28.7 Å². The van der Waals surface area contributed by atoms with Gasteiger partial charge in [-0.3, -0.25) is 9.59 Å². The van der Waals surface area contributed by atoms with Gasteiger partial charge in [0.05, 0.1) is 5.92 Å². The largest absolute Gasteiger partial charge is 0.481 e. The van der Waals surface area contributed by atoms with Gasteiger partial charge >= 0.3 is 5.97 Å². The fraction of sp³-hybridized carbons (Fsp3) is 0.429. The predicted octanol–water partition coefficient (Wildman–Crippen LogP) is 2.77. The molecule has 102 valence electrons. The summed E-state index contributed by atoms with van der Waals surface area (Å²) in [4.78, 5) is 25.1. The first-order valence-corrected chi connectivity index (χ1v) is 7.07. The summed E-state index contributed by atoms with van der Waals surface area (Å²) in [5.41, 5.74) is 0.596. The van der Waals surface area contributed by atoms with Gasteiger partial charge in [0.25, 0.3) is 5.91 Å². The van der Waals surface area contributed by atoms with Crippen LogP contribution in [0.2, 0.25) is 0 Å². The molecule has 0 saturated heterocycles. The van der Waals surface area contributed by atoms with E-state index in [9.17, 15) is 9.59 Å². The number of aliphatic carboxylic acids is 1. The number of halogens is 1. The molecule has 1 aromatic carbocycles. The zero-order valence-electron chi connectivity index (χ0n) is 10.7. The molecule has 0 radical (unpaired) electrons. The van der Waals surface area contributed by atoms with E-state index in [0.717, 1.165) is 17.3 Å². The minimum atomic E-state index is -0.868. The fourth-order valence-corrected chi connectivity index (χ4v) is 2.34. The van der Waals surface area contributed by atoms with Gasteiger partial charge in [-0.2, -0.15) is 0 Å². The number of amides is 1. The Morgan fingerprint density at radius 2 is 2.16 bits per heavy atom. The average molecular weight is 326 g/mol. The lowest BCUT2D eigenvalue weighted by Crippen LogP contribution is -2.38. The Hall–Kier alpha value is -1.36. The van der Waals surface area contributed by atoms with Crippen LogP contribution in [-0.2, 0) is 4.79 Å². The molecule has 0 heterocycles. The van der Waals surface area contributed by atoms with E-state index < -0.39 is 11.9 Å². The van der Waals surface area contributed by atoms with Crippen LogP contribution in [0.4, 0.5) is 0 Å². The molecular formula is C14H16BrNO3. The number of carbonyl (C=O) groups excluding carboxylic acids is 1. The third-order valence-electron chi connectivity index (χ3n) is 3.21. The molecule has 1 unspecified atom stereocenters. The lowest BCUT2D eigenvalue weighted by atomic mass is 10.1. The van der Waals surface area contributed by atoms with Gasteiger partial charge in [0.2, 0.25) is 0 Å². The van der Waals surface area contributed by atoms with Gasteiger partial charge in [0, 0.05) is 22.6 Å². The number of carboxylic acid groups (broad SMARTS) is 1. The first-order valence-electron chi connectivity index (χ1n) is 6.28. The summed E-state index contributed by atoms with van der Waals surface area (Å²) in [7, 11) is 0. The van der Waals surface area contributed by atoms with Crippen LogP contribution in [0.25, 0.3) is 0 Å². The first-order chi connectivity index (χ1) is 8.99. The van der Waals surface area contributed by atoms with E-state index in [0.29, 0.717) is 5.56 Å². The van der Waals surface area contributed by atoms with Crippen LogP contribution >= 0.6 is 15.9 Å². The number of nitrogens with zero attached hydrogens (tertiary/aromatic N) is 1. The summed E-state index contributed by atoms with van der Waals surface area (Å²) in [6.07, 6.45) is 1.93. The third kappa shape index (κ3) is 3.56. The van der Waals surface area contributed by atoms with E-state index in [2.05, 4.69) is 15.9 Å². The summed E-state index contributed by atoms with van der Waals surface area (Å²) in [5.74, 6) is -1.50. The van der Waals surface area contributed by atoms with Crippen molar-refractivity contribution in [3.8, 4) is 0 Å². The lowest BCUT2D eigenvalue weighted by Gasteiger charge is -2.24. The maximum Gasteiger partial charge on any atom is 0.308 e. The van der Waals surface area contributed by atoms with Gasteiger partial charge in [-0.05, 0) is 31.0 Å². The minimum Gasteiger partial charge on any atom is -0.481 e. The zero-order chi connectivity index (χ0) is 14.0. The highest BCUT2D eigenvalue weighted by atomic mass is 79.9. The van der Waals surface area contributed by atoms with E-state index in [1.807, 2.05) is 12.1 Å². The monoisotopic (exact) mass is 325 g/mol. The molecule has 0 bridgehead atoms. The van der Waals surface area contributed by atoms with Crippen LogP contribution in [0.3, 0.4) is 0 Å². The average Bonchev–Trinajstić information content (AvgIpc) is 3.19. The van der Waals surface area contributed by atoms with E-state index in [-0.39, 0.29) is 18.5 Å². The Balaban J connectivity index is 2.15. The Morgan fingerprint density at radius 1 is 1.47 bits per heavy atom. The molecule has 1 N–H and O–H groups in total. The predicted molar refractivity (Wildman–Crippen MR) is 75.0 cm³/mol. The molecule has 5 heteroatoms. The van der Waals surface area contributed by atoms with E-state index >= 15 is 0 Å². The molecule has 0 spiro atoms. The fourth-order valence-electron chi connectivity index (χ4n) is 1.94. The molecule has 0 aliphatic heterocycles. The number of benzene rings is 1. The van der Waals surface area contributed by atoms with Crippen molar-refractivity contribution in [3.05, 3.63) is 34.3 Å².